The molecule has 2 rings (SSSR count). The summed E-state index contributed by atoms with van der Waals surface area (Å²) in [5.41, 5.74) is 2.11. The Labute approximate surface area is 95.7 Å². The lowest BCUT2D eigenvalue weighted by Gasteiger charge is -2.28. The minimum Gasteiger partial charge on any atom is -0.299 e. The van der Waals surface area contributed by atoms with Crippen molar-refractivity contribution in [2.75, 3.05) is 0 Å². The standard InChI is InChI=1S/C14H16O2/c1-9(15)11-7-8-12(10(2)16)14-6-4-3-5-13(11)14/h3-6,11-12H,7-8H2,1-2H3. The summed E-state index contributed by atoms with van der Waals surface area (Å²) in [5.74, 6) is 0.391. The van der Waals surface area contributed by atoms with Crippen LogP contribution in [-0.2, 0) is 9.59 Å². The molecule has 1 aliphatic carbocycles. The topological polar surface area (TPSA) is 34.1 Å². The van der Waals surface area contributed by atoms with Gasteiger partial charge in [0.1, 0.15) is 11.6 Å². The van der Waals surface area contributed by atoms with Gasteiger partial charge in [0, 0.05) is 11.8 Å². The molecule has 0 amide bonds. The third-order valence-corrected chi connectivity index (χ3v) is 3.47. The molecule has 0 aromatic heterocycles. The maximum absolute atomic E-state index is 11.6. The van der Waals surface area contributed by atoms with Crippen molar-refractivity contribution in [1.82, 2.24) is 0 Å². The number of ketones is 2. The Bertz CT molecular complexity index is 393. The molecular formula is C14H16O2. The van der Waals surface area contributed by atoms with Crippen LogP contribution in [0.4, 0.5) is 0 Å². The molecule has 0 aliphatic heterocycles. The number of carbonyl (C=O) groups is 2. The van der Waals surface area contributed by atoms with E-state index in [1.165, 1.54) is 0 Å². The molecule has 0 radical (unpaired) electrons. The first kappa shape index (κ1) is 11.1. The van der Waals surface area contributed by atoms with Crippen LogP contribution in [0.1, 0.15) is 49.7 Å². The molecule has 84 valence electrons. The molecule has 2 heteroatoms. The molecule has 0 spiro atoms. The van der Waals surface area contributed by atoms with Gasteiger partial charge in [0.25, 0.3) is 0 Å². The largest absolute Gasteiger partial charge is 0.299 e. The second-order valence-electron chi connectivity index (χ2n) is 4.53. The van der Waals surface area contributed by atoms with E-state index in [9.17, 15) is 9.59 Å². The molecule has 1 aromatic rings. The minimum atomic E-state index is -0.00759. The number of hydrogen-bond acceptors (Lipinski definition) is 2. The normalized spacial score (nSPS) is 23.6. The molecular weight excluding hydrogens is 200 g/mol. The van der Waals surface area contributed by atoms with Crippen LogP contribution in [0.5, 0.6) is 0 Å². The van der Waals surface area contributed by atoms with Gasteiger partial charge in [-0.15, -0.1) is 0 Å². The predicted molar refractivity (Wildman–Crippen MR) is 62.5 cm³/mol. The van der Waals surface area contributed by atoms with E-state index in [0.717, 1.165) is 24.0 Å². The summed E-state index contributed by atoms with van der Waals surface area (Å²) in [6.45, 7) is 3.27. The van der Waals surface area contributed by atoms with Gasteiger partial charge in [0.2, 0.25) is 0 Å². The number of benzene rings is 1. The van der Waals surface area contributed by atoms with E-state index in [-0.39, 0.29) is 23.4 Å². The average Bonchev–Trinajstić information content (AvgIpc) is 2.27. The number of rotatable bonds is 2. The fourth-order valence-electron chi connectivity index (χ4n) is 2.63. The van der Waals surface area contributed by atoms with Gasteiger partial charge in [-0.05, 0) is 37.8 Å². The van der Waals surface area contributed by atoms with Crippen molar-refractivity contribution in [2.45, 2.75) is 38.5 Å². The van der Waals surface area contributed by atoms with E-state index in [1.54, 1.807) is 13.8 Å². The Hall–Kier alpha value is -1.44. The maximum atomic E-state index is 11.6. The molecule has 0 heterocycles. The Morgan fingerprint density at radius 3 is 1.62 bits per heavy atom. The summed E-state index contributed by atoms with van der Waals surface area (Å²) >= 11 is 0. The van der Waals surface area contributed by atoms with Crippen molar-refractivity contribution in [2.24, 2.45) is 0 Å². The summed E-state index contributed by atoms with van der Waals surface area (Å²) < 4.78 is 0. The second kappa shape index (κ2) is 4.20. The monoisotopic (exact) mass is 216 g/mol. The van der Waals surface area contributed by atoms with Crippen molar-refractivity contribution < 1.29 is 9.59 Å². The van der Waals surface area contributed by atoms with Crippen LogP contribution in [-0.4, -0.2) is 11.6 Å². The van der Waals surface area contributed by atoms with Gasteiger partial charge in [-0.2, -0.15) is 0 Å². The lowest BCUT2D eigenvalue weighted by atomic mass is 9.74. The van der Waals surface area contributed by atoms with E-state index in [2.05, 4.69) is 0 Å². The highest BCUT2D eigenvalue weighted by molar-refractivity contribution is 5.88. The second-order valence-corrected chi connectivity index (χ2v) is 4.53. The zero-order valence-corrected chi connectivity index (χ0v) is 9.69. The van der Waals surface area contributed by atoms with Crippen LogP contribution in [0.25, 0.3) is 0 Å². The third-order valence-electron chi connectivity index (χ3n) is 3.47. The first-order valence-electron chi connectivity index (χ1n) is 5.71. The first-order chi connectivity index (χ1) is 7.61. The van der Waals surface area contributed by atoms with E-state index in [4.69, 9.17) is 0 Å². The van der Waals surface area contributed by atoms with E-state index >= 15 is 0 Å². The minimum absolute atomic E-state index is 0.00759. The Morgan fingerprint density at radius 2 is 1.31 bits per heavy atom. The van der Waals surface area contributed by atoms with E-state index in [1.807, 2.05) is 24.3 Å². The molecule has 0 bridgehead atoms. The zero-order valence-electron chi connectivity index (χ0n) is 9.69. The van der Waals surface area contributed by atoms with Crippen LogP contribution >= 0.6 is 0 Å². The Balaban J connectivity index is 2.48. The highest BCUT2D eigenvalue weighted by Gasteiger charge is 2.31. The van der Waals surface area contributed by atoms with Gasteiger partial charge in [-0.3, -0.25) is 9.59 Å². The molecule has 2 atom stereocenters. The maximum Gasteiger partial charge on any atom is 0.137 e. The summed E-state index contributed by atoms with van der Waals surface area (Å²) in [4.78, 5) is 23.1. The molecule has 2 nitrogen and oxygen atoms in total. The van der Waals surface area contributed by atoms with Gasteiger partial charge >= 0.3 is 0 Å². The molecule has 1 aromatic carbocycles. The van der Waals surface area contributed by atoms with Crippen molar-refractivity contribution in [3.63, 3.8) is 0 Å². The lowest BCUT2D eigenvalue weighted by molar-refractivity contribution is -0.121. The predicted octanol–water partition coefficient (Wildman–Crippen LogP) is 2.83. The number of fused-ring (bicyclic) bond motifs is 1. The SMILES string of the molecule is CC(=O)C1CCC(C(C)=O)c2ccccc21. The van der Waals surface area contributed by atoms with Gasteiger partial charge in [0.05, 0.1) is 0 Å². The first-order valence-corrected chi connectivity index (χ1v) is 5.71. The van der Waals surface area contributed by atoms with Crippen LogP contribution in [0.3, 0.4) is 0 Å². The highest BCUT2D eigenvalue weighted by Crippen LogP contribution is 2.39. The van der Waals surface area contributed by atoms with Crippen molar-refractivity contribution in [3.05, 3.63) is 35.4 Å². The fraction of sp³-hybridized carbons (Fsp3) is 0.429. The molecule has 0 N–H and O–H groups in total. The molecule has 0 saturated heterocycles. The summed E-state index contributed by atoms with van der Waals surface area (Å²) in [7, 11) is 0. The zero-order chi connectivity index (χ0) is 11.7. The smallest absolute Gasteiger partial charge is 0.137 e. The number of carbonyl (C=O) groups excluding carboxylic acids is 2. The lowest BCUT2D eigenvalue weighted by Crippen LogP contribution is -2.22. The van der Waals surface area contributed by atoms with Gasteiger partial charge in [0.15, 0.2) is 0 Å². The number of Topliss-reactive ketones (excluding diaryl/α,β-unsaturated/α-hetero) is 2. The van der Waals surface area contributed by atoms with Crippen LogP contribution in [0, 0.1) is 0 Å². The molecule has 1 aliphatic rings. The molecule has 0 saturated carbocycles. The molecule has 16 heavy (non-hydrogen) atoms. The summed E-state index contributed by atoms with van der Waals surface area (Å²) in [6.07, 6.45) is 1.60. The van der Waals surface area contributed by atoms with Gasteiger partial charge < -0.3 is 0 Å². The van der Waals surface area contributed by atoms with Crippen molar-refractivity contribution in [1.29, 1.82) is 0 Å². The quantitative estimate of drug-likeness (QED) is 0.761. The number of hydrogen-bond donors (Lipinski definition) is 0. The molecule has 2 unspecified atom stereocenters. The average molecular weight is 216 g/mol. The van der Waals surface area contributed by atoms with E-state index in [0.29, 0.717) is 0 Å². The summed E-state index contributed by atoms with van der Waals surface area (Å²) in [5, 5.41) is 0. The van der Waals surface area contributed by atoms with Gasteiger partial charge in [-0.1, -0.05) is 24.3 Å². The Kier molecular flexibility index (Phi) is 2.90. The van der Waals surface area contributed by atoms with Crippen LogP contribution < -0.4 is 0 Å². The van der Waals surface area contributed by atoms with Crippen molar-refractivity contribution >= 4 is 11.6 Å². The van der Waals surface area contributed by atoms with E-state index < -0.39 is 0 Å². The fourth-order valence-corrected chi connectivity index (χ4v) is 2.63. The van der Waals surface area contributed by atoms with Crippen LogP contribution in [0.15, 0.2) is 24.3 Å². The molecule has 0 fully saturated rings. The van der Waals surface area contributed by atoms with Crippen LogP contribution in [0.2, 0.25) is 0 Å². The third kappa shape index (κ3) is 1.80. The summed E-state index contributed by atoms with van der Waals surface area (Å²) in [6, 6.07) is 7.85. The van der Waals surface area contributed by atoms with Crippen molar-refractivity contribution in [3.8, 4) is 0 Å². The highest BCUT2D eigenvalue weighted by atomic mass is 16.1. The Morgan fingerprint density at radius 1 is 0.938 bits per heavy atom. The van der Waals surface area contributed by atoms with Gasteiger partial charge in [-0.25, -0.2) is 0 Å².